The van der Waals surface area contributed by atoms with Gasteiger partial charge in [-0.25, -0.2) is 9.97 Å². The van der Waals surface area contributed by atoms with Crippen LogP contribution in [0, 0.1) is 0 Å². The molecule has 0 bridgehead atoms. The number of nitrogens with zero attached hydrogens (tertiary/aromatic N) is 4. The summed E-state index contributed by atoms with van der Waals surface area (Å²) >= 11 is 0. The van der Waals surface area contributed by atoms with Gasteiger partial charge in [0.1, 0.15) is 53.0 Å². The van der Waals surface area contributed by atoms with Crippen molar-refractivity contribution in [2.24, 2.45) is 5.73 Å². The predicted molar refractivity (Wildman–Crippen MR) is 186 cm³/mol. The number of carbonyl (C=O) groups is 1. The summed E-state index contributed by atoms with van der Waals surface area (Å²) in [6.07, 6.45) is -6.26. The molecule has 52 heavy (non-hydrogen) atoms. The Hall–Kier alpha value is -4.85. The van der Waals surface area contributed by atoms with Crippen molar-refractivity contribution in [3.05, 3.63) is 107 Å². The largest absolute Gasteiger partial charge is 0.489 e. The first-order chi connectivity index (χ1) is 24.7. The normalized spacial score (nSPS) is 18.7. The molecule has 0 unspecified atom stereocenters. The summed E-state index contributed by atoms with van der Waals surface area (Å²) < 4.78 is 88.8. The Morgan fingerprint density at radius 1 is 0.712 bits per heavy atom. The van der Waals surface area contributed by atoms with Crippen molar-refractivity contribution >= 4 is 17.9 Å². The van der Waals surface area contributed by atoms with E-state index in [-0.39, 0.29) is 24.2 Å². The maximum Gasteiger partial charge on any atom is 0.433 e. The quantitative estimate of drug-likeness (QED) is 0.129. The van der Waals surface area contributed by atoms with Crippen LogP contribution < -0.4 is 25.0 Å². The van der Waals surface area contributed by atoms with Crippen molar-refractivity contribution < 1.29 is 40.6 Å². The van der Waals surface area contributed by atoms with Crippen LogP contribution in [0.5, 0.6) is 11.5 Å². The number of halogens is 6. The van der Waals surface area contributed by atoms with Crippen molar-refractivity contribution in [3.8, 4) is 11.5 Å². The lowest BCUT2D eigenvalue weighted by Crippen LogP contribution is -2.25. The highest BCUT2D eigenvalue weighted by molar-refractivity contribution is 5.51. The second kappa shape index (κ2) is 16.7. The fraction of sp³-hybridized carbons (Fsp3) is 0.395. The second-order valence-electron chi connectivity index (χ2n) is 12.9. The predicted octanol–water partition coefficient (Wildman–Crippen LogP) is 8.23. The van der Waals surface area contributed by atoms with Gasteiger partial charge >= 0.3 is 12.4 Å². The molecule has 4 heterocycles. The molecule has 8 nitrogen and oxygen atoms in total. The molecule has 2 aliphatic heterocycles. The minimum Gasteiger partial charge on any atom is -0.489 e. The molecule has 0 saturated carbocycles. The summed E-state index contributed by atoms with van der Waals surface area (Å²) in [4.78, 5) is 21.7. The Labute approximate surface area is 298 Å². The molecule has 2 aromatic carbocycles. The molecule has 4 atom stereocenters. The number of carbonyl (C=O) groups excluding carboxylic acids is 1. The zero-order chi connectivity index (χ0) is 37.5. The molecule has 14 heteroatoms. The van der Waals surface area contributed by atoms with Gasteiger partial charge in [-0.3, -0.25) is 0 Å². The van der Waals surface area contributed by atoms with Gasteiger partial charge < -0.3 is 29.8 Å². The standard InChI is InChI=1S/C20H21F3N2O2.C18H20F3N3O/c1-14(10-12-26)15-5-7-16(8-6-15)27-17-9-11-25(13-17)19-4-2-3-18(24-19)20(21,22)23;1-12(22)13-5-7-14(8-6-13)25-15-9-10-24(11-15)17-4-2-3-16(23-17)18(19,20)21/h2-8,12,14,17H,9-11,13H2,1H3;2-8,12,15H,9-11,22H2,1H3/t14-,17-;12-,15+/m10/s1. The van der Waals surface area contributed by atoms with Gasteiger partial charge in [0.2, 0.25) is 0 Å². The van der Waals surface area contributed by atoms with Gasteiger partial charge in [0.25, 0.3) is 0 Å². The third-order valence-electron chi connectivity index (χ3n) is 8.90. The fourth-order valence-corrected chi connectivity index (χ4v) is 5.97. The molecule has 2 fully saturated rings. The third kappa shape index (κ3) is 10.4. The molecule has 0 radical (unpaired) electrons. The van der Waals surface area contributed by atoms with Crippen LogP contribution in [0.25, 0.3) is 0 Å². The van der Waals surface area contributed by atoms with E-state index >= 15 is 0 Å². The van der Waals surface area contributed by atoms with Gasteiger partial charge in [0.05, 0.1) is 13.1 Å². The van der Waals surface area contributed by atoms with Gasteiger partial charge in [-0.1, -0.05) is 43.3 Å². The Morgan fingerprint density at radius 2 is 1.13 bits per heavy atom. The Bertz CT molecular complexity index is 1750. The summed E-state index contributed by atoms with van der Waals surface area (Å²) in [7, 11) is 0. The number of alkyl halides is 6. The average Bonchev–Trinajstić information content (AvgIpc) is 3.79. The van der Waals surface area contributed by atoms with E-state index in [0.29, 0.717) is 56.4 Å². The lowest BCUT2D eigenvalue weighted by molar-refractivity contribution is -0.141. The summed E-state index contributed by atoms with van der Waals surface area (Å²) in [6, 6.07) is 23.0. The fourth-order valence-electron chi connectivity index (χ4n) is 5.97. The highest BCUT2D eigenvalue weighted by Gasteiger charge is 2.35. The lowest BCUT2D eigenvalue weighted by Gasteiger charge is -2.19. The van der Waals surface area contributed by atoms with Gasteiger partial charge in [-0.05, 0) is 72.5 Å². The first-order valence-electron chi connectivity index (χ1n) is 17.0. The molecule has 0 spiro atoms. The lowest BCUT2D eigenvalue weighted by atomic mass is 9.98. The van der Waals surface area contributed by atoms with E-state index in [1.54, 1.807) is 17.0 Å². The molecule has 2 saturated heterocycles. The highest BCUT2D eigenvalue weighted by Crippen LogP contribution is 2.32. The summed E-state index contributed by atoms with van der Waals surface area (Å²) in [5.74, 6) is 2.24. The van der Waals surface area contributed by atoms with Crippen molar-refractivity contribution in [1.82, 2.24) is 9.97 Å². The number of pyridine rings is 2. The van der Waals surface area contributed by atoms with E-state index < -0.39 is 23.7 Å². The second-order valence-corrected chi connectivity index (χ2v) is 12.9. The Balaban J connectivity index is 0.000000202. The van der Waals surface area contributed by atoms with E-state index in [2.05, 4.69) is 9.97 Å². The topological polar surface area (TPSA) is 93.8 Å². The number of hydrogen-bond donors (Lipinski definition) is 1. The van der Waals surface area contributed by atoms with Gasteiger partial charge in [-0.2, -0.15) is 26.3 Å². The Kier molecular flexibility index (Phi) is 12.3. The maximum atomic E-state index is 12.8. The van der Waals surface area contributed by atoms with Gasteiger partial charge in [-0.15, -0.1) is 0 Å². The minimum atomic E-state index is -4.45. The van der Waals surface area contributed by atoms with E-state index in [4.69, 9.17) is 15.2 Å². The zero-order valence-electron chi connectivity index (χ0n) is 28.8. The van der Waals surface area contributed by atoms with Crippen LogP contribution in [0.2, 0.25) is 0 Å². The molecule has 0 amide bonds. The summed E-state index contributed by atoms with van der Waals surface area (Å²) in [6.45, 7) is 6.08. The number of aldehydes is 1. The number of nitrogens with two attached hydrogens (primary N) is 1. The third-order valence-corrected chi connectivity index (χ3v) is 8.90. The monoisotopic (exact) mass is 729 g/mol. The summed E-state index contributed by atoms with van der Waals surface area (Å²) in [5, 5.41) is 0. The molecule has 278 valence electrons. The minimum absolute atomic E-state index is 0.0389. The van der Waals surface area contributed by atoms with Gasteiger partial charge in [0, 0.05) is 38.4 Å². The van der Waals surface area contributed by atoms with Crippen LogP contribution >= 0.6 is 0 Å². The molecule has 2 aromatic heterocycles. The first-order valence-corrected chi connectivity index (χ1v) is 17.0. The van der Waals surface area contributed by atoms with Crippen LogP contribution in [0.4, 0.5) is 38.0 Å². The summed E-state index contributed by atoms with van der Waals surface area (Å²) in [5.41, 5.74) is 6.15. The van der Waals surface area contributed by atoms with Crippen molar-refractivity contribution in [2.45, 2.75) is 69.6 Å². The SMILES string of the molecule is C[C@H](CC=O)c1ccc(O[C@@H]2CCN(c3cccc(C(F)(F)F)n3)C2)cc1.C[C@H](N)c1ccc(O[C@@H]2CCN(c3cccc(C(F)(F)F)n3)C2)cc1. The zero-order valence-corrected chi connectivity index (χ0v) is 28.8. The van der Waals surface area contributed by atoms with Crippen molar-refractivity contribution in [3.63, 3.8) is 0 Å². The van der Waals surface area contributed by atoms with Crippen LogP contribution in [0.15, 0.2) is 84.9 Å². The number of benzene rings is 2. The molecule has 6 rings (SSSR count). The number of rotatable bonds is 10. The van der Waals surface area contributed by atoms with E-state index in [1.165, 1.54) is 12.1 Å². The maximum absolute atomic E-state index is 12.8. The average molecular weight is 730 g/mol. The molecule has 0 aliphatic carbocycles. The van der Waals surface area contributed by atoms with E-state index in [9.17, 15) is 31.1 Å². The van der Waals surface area contributed by atoms with Crippen molar-refractivity contribution in [1.29, 1.82) is 0 Å². The Morgan fingerprint density at radius 3 is 1.52 bits per heavy atom. The molecule has 4 aromatic rings. The number of ether oxygens (including phenoxy) is 2. The first kappa shape index (κ1) is 38.4. The van der Waals surface area contributed by atoms with E-state index in [0.717, 1.165) is 41.7 Å². The number of hydrogen-bond acceptors (Lipinski definition) is 8. The van der Waals surface area contributed by atoms with Crippen LogP contribution in [0.3, 0.4) is 0 Å². The smallest absolute Gasteiger partial charge is 0.433 e. The molecule has 2 N–H and O–H groups in total. The number of aromatic nitrogens is 2. The van der Waals surface area contributed by atoms with Gasteiger partial charge in [0.15, 0.2) is 0 Å². The number of anilines is 2. The molecule has 2 aliphatic rings. The van der Waals surface area contributed by atoms with Crippen molar-refractivity contribution in [2.75, 3.05) is 36.0 Å². The molecular weight excluding hydrogens is 688 g/mol. The van der Waals surface area contributed by atoms with Crippen LogP contribution in [-0.2, 0) is 17.1 Å². The van der Waals surface area contributed by atoms with Crippen LogP contribution in [0.1, 0.15) is 67.6 Å². The van der Waals surface area contributed by atoms with Crippen LogP contribution in [-0.4, -0.2) is 54.6 Å². The van der Waals surface area contributed by atoms with E-state index in [1.807, 2.05) is 67.3 Å². The molecular formula is C38H41F6N5O3. The highest BCUT2D eigenvalue weighted by atomic mass is 19.4.